The first-order valence-corrected chi connectivity index (χ1v) is 9.69. The minimum atomic E-state index is 0.493. The fraction of sp³-hybridized carbons (Fsp3) is 0.182. The molecule has 0 spiro atoms. The Morgan fingerprint density at radius 3 is 2.38 bits per heavy atom. The molecule has 1 nitrogen and oxygen atoms in total. The van der Waals surface area contributed by atoms with E-state index in [0.29, 0.717) is 5.54 Å². The molecule has 1 aliphatic rings. The molecule has 0 radical (unpaired) electrons. The number of furan rings is 1. The van der Waals surface area contributed by atoms with Crippen molar-refractivity contribution in [2.45, 2.75) is 26.3 Å². The molecular formula is C22H22OSi. The van der Waals surface area contributed by atoms with Crippen molar-refractivity contribution in [1.29, 1.82) is 0 Å². The summed E-state index contributed by atoms with van der Waals surface area (Å²) in [5.41, 5.74) is 10.1. The van der Waals surface area contributed by atoms with Crippen molar-refractivity contribution in [2.75, 3.05) is 0 Å². The first-order chi connectivity index (χ1) is 11.6. The van der Waals surface area contributed by atoms with Crippen LogP contribution < -0.4 is 0 Å². The fourth-order valence-corrected chi connectivity index (χ4v) is 4.70. The van der Waals surface area contributed by atoms with E-state index in [2.05, 4.69) is 68.5 Å². The predicted octanol–water partition coefficient (Wildman–Crippen LogP) is 4.83. The molecule has 2 aromatic carbocycles. The molecule has 3 aromatic rings. The van der Waals surface area contributed by atoms with Crippen LogP contribution in [0.4, 0.5) is 0 Å². The Morgan fingerprint density at radius 2 is 1.71 bits per heavy atom. The van der Waals surface area contributed by atoms with E-state index >= 15 is 0 Å². The van der Waals surface area contributed by atoms with E-state index in [1.807, 2.05) is 6.92 Å². The molecule has 0 bridgehead atoms. The summed E-state index contributed by atoms with van der Waals surface area (Å²) in [6.45, 7) is 6.48. The lowest BCUT2D eigenvalue weighted by Gasteiger charge is -2.17. The first-order valence-electron chi connectivity index (χ1n) is 8.54. The van der Waals surface area contributed by atoms with Gasteiger partial charge >= 0.3 is 0 Å². The number of allylic oxidation sites excluding steroid dienone is 1. The molecule has 2 heteroatoms. The van der Waals surface area contributed by atoms with Crippen LogP contribution in [-0.4, -0.2) is 10.2 Å². The van der Waals surface area contributed by atoms with Crippen LogP contribution in [0.2, 0.25) is 0 Å². The van der Waals surface area contributed by atoms with E-state index in [1.165, 1.54) is 39.0 Å². The van der Waals surface area contributed by atoms with E-state index in [1.54, 1.807) is 0 Å². The third-order valence-electron chi connectivity index (χ3n) is 5.24. The van der Waals surface area contributed by atoms with Crippen molar-refractivity contribution in [2.24, 2.45) is 0 Å². The highest BCUT2D eigenvalue weighted by atomic mass is 28.1. The quantitative estimate of drug-likeness (QED) is 0.613. The minimum Gasteiger partial charge on any atom is -0.462 e. The van der Waals surface area contributed by atoms with Crippen LogP contribution in [0.5, 0.6) is 0 Å². The summed E-state index contributed by atoms with van der Waals surface area (Å²) in [7, 11) is 1.08. The van der Waals surface area contributed by atoms with Crippen LogP contribution in [0.15, 0.2) is 52.9 Å². The topological polar surface area (TPSA) is 13.1 Å². The first kappa shape index (κ1) is 15.2. The van der Waals surface area contributed by atoms with Crippen LogP contribution in [0, 0.1) is 20.8 Å². The van der Waals surface area contributed by atoms with Gasteiger partial charge in [0.25, 0.3) is 0 Å². The Balaban J connectivity index is 1.96. The van der Waals surface area contributed by atoms with Crippen molar-refractivity contribution in [3.63, 3.8) is 0 Å². The van der Waals surface area contributed by atoms with Gasteiger partial charge in [0.2, 0.25) is 0 Å². The van der Waals surface area contributed by atoms with Crippen LogP contribution in [0.3, 0.4) is 0 Å². The third kappa shape index (κ3) is 2.30. The fourth-order valence-electron chi connectivity index (χ4n) is 3.78. The second kappa shape index (κ2) is 5.64. The van der Waals surface area contributed by atoms with Gasteiger partial charge in [0.15, 0.2) is 0 Å². The molecule has 1 aromatic heterocycles. The molecule has 1 aliphatic carbocycles. The van der Waals surface area contributed by atoms with Crippen molar-refractivity contribution >= 4 is 21.9 Å². The molecule has 0 aliphatic heterocycles. The molecule has 0 fully saturated rings. The Labute approximate surface area is 146 Å². The summed E-state index contributed by atoms with van der Waals surface area (Å²) in [5, 5.41) is 0. The second-order valence-corrected chi connectivity index (χ2v) is 7.95. The molecule has 0 N–H and O–H groups in total. The number of fused-ring (bicyclic) bond motifs is 1. The van der Waals surface area contributed by atoms with Gasteiger partial charge in [-0.1, -0.05) is 36.4 Å². The van der Waals surface area contributed by atoms with Crippen LogP contribution in [0.1, 0.15) is 39.3 Å². The molecule has 4 rings (SSSR count). The maximum Gasteiger partial charge on any atom is 0.130 e. The molecule has 0 amide bonds. The van der Waals surface area contributed by atoms with Crippen LogP contribution in [0.25, 0.3) is 22.8 Å². The van der Waals surface area contributed by atoms with Gasteiger partial charge in [-0.2, -0.15) is 0 Å². The number of benzene rings is 2. The van der Waals surface area contributed by atoms with Crippen molar-refractivity contribution in [3.8, 4) is 11.1 Å². The largest absolute Gasteiger partial charge is 0.462 e. The van der Waals surface area contributed by atoms with Gasteiger partial charge < -0.3 is 4.42 Å². The summed E-state index contributed by atoms with van der Waals surface area (Å²) >= 11 is 0. The van der Waals surface area contributed by atoms with Crippen molar-refractivity contribution in [1.82, 2.24) is 0 Å². The highest BCUT2D eigenvalue weighted by Crippen LogP contribution is 2.46. The zero-order valence-corrected chi connectivity index (χ0v) is 16.7. The summed E-state index contributed by atoms with van der Waals surface area (Å²) in [5.74, 6) is 2.00. The highest BCUT2D eigenvalue weighted by molar-refractivity contribution is 6.23. The molecular weight excluding hydrogens is 308 g/mol. The van der Waals surface area contributed by atoms with Crippen molar-refractivity contribution < 1.29 is 4.42 Å². The molecule has 120 valence electrons. The molecule has 0 saturated heterocycles. The molecule has 1 unspecified atom stereocenters. The maximum absolute atomic E-state index is 5.93. The average Bonchev–Trinajstić information content (AvgIpc) is 3.14. The lowest BCUT2D eigenvalue weighted by molar-refractivity contribution is 0.520. The van der Waals surface area contributed by atoms with Gasteiger partial charge in [-0.3, -0.25) is 0 Å². The second-order valence-electron chi connectivity index (χ2n) is 6.79. The SMILES string of the molecule is Cc1ccc(C2=Cc3c(cc(C)c(C)c3-c3ccccc3)C2[SiH3])o1. The van der Waals surface area contributed by atoms with Crippen molar-refractivity contribution in [3.05, 3.63) is 82.3 Å². The lowest BCUT2D eigenvalue weighted by Crippen LogP contribution is -2.00. The number of hydrogen-bond acceptors (Lipinski definition) is 1. The molecule has 1 heterocycles. The van der Waals surface area contributed by atoms with E-state index in [0.717, 1.165) is 21.8 Å². The zero-order chi connectivity index (χ0) is 16.8. The van der Waals surface area contributed by atoms with Gasteiger partial charge in [-0.05, 0) is 83.5 Å². The predicted molar refractivity (Wildman–Crippen MR) is 105 cm³/mol. The van der Waals surface area contributed by atoms with Gasteiger partial charge in [0, 0.05) is 10.2 Å². The van der Waals surface area contributed by atoms with Gasteiger partial charge in [-0.25, -0.2) is 0 Å². The Hall–Kier alpha value is -2.32. The monoisotopic (exact) mass is 330 g/mol. The van der Waals surface area contributed by atoms with E-state index < -0.39 is 0 Å². The maximum atomic E-state index is 5.93. The van der Waals surface area contributed by atoms with E-state index in [9.17, 15) is 0 Å². The van der Waals surface area contributed by atoms with E-state index in [4.69, 9.17) is 4.42 Å². The smallest absolute Gasteiger partial charge is 0.130 e. The van der Waals surface area contributed by atoms with Crippen LogP contribution in [-0.2, 0) is 0 Å². The highest BCUT2D eigenvalue weighted by Gasteiger charge is 2.28. The summed E-state index contributed by atoms with van der Waals surface area (Å²) < 4.78 is 5.93. The molecule has 0 saturated carbocycles. The Kier molecular flexibility index (Phi) is 3.58. The lowest BCUT2D eigenvalue weighted by atomic mass is 9.90. The van der Waals surface area contributed by atoms with E-state index in [-0.39, 0.29) is 0 Å². The molecule has 1 atom stereocenters. The minimum absolute atomic E-state index is 0.493. The Bertz CT molecular complexity index is 948. The van der Waals surface area contributed by atoms with Gasteiger partial charge in [0.05, 0.1) is 0 Å². The molecule has 24 heavy (non-hydrogen) atoms. The summed E-state index contributed by atoms with van der Waals surface area (Å²) in [6, 6.07) is 17.3. The summed E-state index contributed by atoms with van der Waals surface area (Å²) in [6.07, 6.45) is 2.36. The zero-order valence-electron chi connectivity index (χ0n) is 14.7. The standard InChI is InChI=1S/C22H22OSi/c1-13-11-18-17(21(15(13)3)16-7-5-4-6-8-16)12-19(22(18)24)20-10-9-14(2)23-20/h4-12,22H,1-3,24H3. The van der Waals surface area contributed by atoms with Crippen LogP contribution >= 0.6 is 0 Å². The number of aryl methyl sites for hydroxylation is 2. The summed E-state index contributed by atoms with van der Waals surface area (Å²) in [4.78, 5) is 0. The Morgan fingerprint density at radius 1 is 0.958 bits per heavy atom. The number of rotatable bonds is 2. The normalized spacial score (nSPS) is 16.3. The third-order valence-corrected chi connectivity index (χ3v) is 6.48. The van der Waals surface area contributed by atoms with Gasteiger partial charge in [-0.15, -0.1) is 0 Å². The average molecular weight is 331 g/mol. The number of hydrogen-bond donors (Lipinski definition) is 0. The van der Waals surface area contributed by atoms with Gasteiger partial charge in [0.1, 0.15) is 11.5 Å².